The number of alkyl halides is 3. The van der Waals surface area contributed by atoms with Crippen molar-refractivity contribution in [1.29, 1.82) is 0 Å². The average molecular weight is 424 g/mol. The Hall–Kier alpha value is -3.40. The molecule has 2 amide bonds. The molecule has 0 spiro atoms. The van der Waals surface area contributed by atoms with Crippen molar-refractivity contribution in [1.82, 2.24) is 20.1 Å². The van der Waals surface area contributed by atoms with E-state index in [0.717, 1.165) is 6.20 Å². The number of nitrogens with zero attached hydrogens (tertiary/aromatic N) is 3. The molecular weight excluding hydrogens is 411 g/mol. The van der Waals surface area contributed by atoms with Crippen molar-refractivity contribution in [2.24, 2.45) is 0 Å². The van der Waals surface area contributed by atoms with Gasteiger partial charge in [-0.1, -0.05) is 17.7 Å². The Bertz CT molecular complexity index is 1040. The van der Waals surface area contributed by atoms with Crippen LogP contribution in [0.15, 0.2) is 55.0 Å². The van der Waals surface area contributed by atoms with Crippen LogP contribution in [-0.4, -0.2) is 33.1 Å². The van der Waals surface area contributed by atoms with E-state index in [1.54, 1.807) is 12.1 Å². The van der Waals surface area contributed by atoms with Gasteiger partial charge in [0.2, 0.25) is 5.91 Å². The number of hydrogen-bond donors (Lipinski definition) is 2. The molecule has 0 aliphatic carbocycles. The number of halogens is 4. The zero-order valence-corrected chi connectivity index (χ0v) is 15.3. The minimum atomic E-state index is -4.87. The van der Waals surface area contributed by atoms with Crippen LogP contribution in [-0.2, 0) is 11.0 Å². The lowest BCUT2D eigenvalue weighted by Gasteiger charge is -2.13. The molecule has 150 valence electrons. The van der Waals surface area contributed by atoms with E-state index in [9.17, 15) is 22.8 Å². The fraction of sp³-hybridized carbons (Fsp3) is 0.111. The molecule has 0 atom stereocenters. The lowest BCUT2D eigenvalue weighted by Crippen LogP contribution is -2.34. The van der Waals surface area contributed by atoms with Gasteiger partial charge in [0, 0.05) is 11.2 Å². The predicted octanol–water partition coefficient (Wildman–Crippen LogP) is 3.31. The first kappa shape index (κ1) is 20.3. The van der Waals surface area contributed by atoms with Crippen molar-refractivity contribution in [2.75, 3.05) is 11.9 Å². The van der Waals surface area contributed by atoms with Crippen molar-refractivity contribution in [3.63, 3.8) is 0 Å². The van der Waals surface area contributed by atoms with E-state index in [2.05, 4.69) is 20.7 Å². The summed E-state index contributed by atoms with van der Waals surface area (Å²) in [7, 11) is 0. The van der Waals surface area contributed by atoms with Gasteiger partial charge in [-0.25, -0.2) is 4.68 Å². The number of aromatic nitrogens is 3. The third-order valence-corrected chi connectivity index (χ3v) is 3.93. The van der Waals surface area contributed by atoms with Crippen LogP contribution in [0.1, 0.15) is 16.1 Å². The normalized spacial score (nSPS) is 11.2. The van der Waals surface area contributed by atoms with Gasteiger partial charge in [0.25, 0.3) is 5.91 Å². The van der Waals surface area contributed by atoms with Crippen LogP contribution < -0.4 is 10.6 Å². The Kier molecular flexibility index (Phi) is 5.83. The molecule has 2 aromatic heterocycles. The zero-order valence-electron chi connectivity index (χ0n) is 14.6. The summed E-state index contributed by atoms with van der Waals surface area (Å²) in [6.07, 6.45) is -1.19. The van der Waals surface area contributed by atoms with Gasteiger partial charge in [0.05, 0.1) is 35.9 Å². The van der Waals surface area contributed by atoms with Crippen LogP contribution in [0.4, 0.5) is 18.9 Å². The van der Waals surface area contributed by atoms with Gasteiger partial charge in [0.15, 0.2) is 5.69 Å². The molecular formula is C18H13ClF3N5O2. The SMILES string of the molecule is O=C(CNC(=O)c1cnn(-c2cccc(Cl)c2)c1C(F)(F)F)Nc1cccnc1. The van der Waals surface area contributed by atoms with E-state index in [4.69, 9.17) is 11.6 Å². The third kappa shape index (κ3) is 4.91. The number of anilines is 1. The second-order valence-electron chi connectivity index (χ2n) is 5.77. The Morgan fingerprint density at radius 1 is 1.14 bits per heavy atom. The predicted molar refractivity (Wildman–Crippen MR) is 98.8 cm³/mol. The summed E-state index contributed by atoms with van der Waals surface area (Å²) in [4.78, 5) is 28.0. The first-order valence-corrected chi connectivity index (χ1v) is 8.53. The maximum atomic E-state index is 13.6. The number of nitrogens with one attached hydrogen (secondary N) is 2. The molecule has 3 aromatic rings. The Morgan fingerprint density at radius 3 is 2.59 bits per heavy atom. The minimum absolute atomic E-state index is 0.0400. The molecule has 0 saturated carbocycles. The molecule has 3 rings (SSSR count). The average Bonchev–Trinajstić information content (AvgIpc) is 3.13. The molecule has 0 unspecified atom stereocenters. The van der Waals surface area contributed by atoms with Crippen LogP contribution in [0.3, 0.4) is 0 Å². The molecule has 2 heterocycles. The van der Waals surface area contributed by atoms with E-state index in [1.807, 2.05) is 0 Å². The van der Waals surface area contributed by atoms with E-state index in [-0.39, 0.29) is 10.7 Å². The Balaban J connectivity index is 1.79. The molecule has 0 bridgehead atoms. The molecule has 29 heavy (non-hydrogen) atoms. The quantitative estimate of drug-likeness (QED) is 0.659. The molecule has 1 aromatic carbocycles. The Morgan fingerprint density at radius 2 is 1.93 bits per heavy atom. The fourth-order valence-electron chi connectivity index (χ4n) is 2.49. The van der Waals surface area contributed by atoms with Crippen molar-refractivity contribution in [3.8, 4) is 5.69 Å². The number of carbonyl (C=O) groups excluding carboxylic acids is 2. The van der Waals surface area contributed by atoms with Gasteiger partial charge < -0.3 is 10.6 Å². The molecule has 0 fully saturated rings. The van der Waals surface area contributed by atoms with Gasteiger partial charge in [-0.2, -0.15) is 18.3 Å². The number of pyridine rings is 1. The van der Waals surface area contributed by atoms with Gasteiger partial charge >= 0.3 is 6.18 Å². The minimum Gasteiger partial charge on any atom is -0.343 e. The van der Waals surface area contributed by atoms with Gasteiger partial charge in [-0.3, -0.25) is 14.6 Å². The van der Waals surface area contributed by atoms with Crippen molar-refractivity contribution in [3.05, 3.63) is 71.3 Å². The largest absolute Gasteiger partial charge is 0.434 e. The second kappa shape index (κ2) is 8.31. The first-order valence-electron chi connectivity index (χ1n) is 8.15. The smallest absolute Gasteiger partial charge is 0.343 e. The molecule has 0 saturated heterocycles. The Labute approximate surface area is 167 Å². The van der Waals surface area contributed by atoms with Crippen molar-refractivity contribution >= 4 is 29.1 Å². The molecule has 2 N–H and O–H groups in total. The summed E-state index contributed by atoms with van der Waals surface area (Å²) >= 11 is 5.83. The summed E-state index contributed by atoms with van der Waals surface area (Å²) in [5.74, 6) is -1.71. The lowest BCUT2D eigenvalue weighted by atomic mass is 10.2. The highest BCUT2D eigenvalue weighted by Crippen LogP contribution is 2.34. The van der Waals surface area contributed by atoms with E-state index in [0.29, 0.717) is 10.4 Å². The number of hydrogen-bond acceptors (Lipinski definition) is 4. The van der Waals surface area contributed by atoms with E-state index < -0.39 is 35.8 Å². The molecule has 7 nitrogen and oxygen atoms in total. The summed E-state index contributed by atoms with van der Waals surface area (Å²) in [6, 6.07) is 8.78. The standard InChI is InChI=1S/C18H13ClF3N5O2/c19-11-3-1-5-13(7-11)27-16(18(20,21)22)14(9-25-27)17(29)24-10-15(28)26-12-4-2-6-23-8-12/h1-9H,10H2,(H,24,29)(H,26,28). The first-order chi connectivity index (χ1) is 13.8. The topological polar surface area (TPSA) is 88.9 Å². The second-order valence-corrected chi connectivity index (χ2v) is 6.21. The molecule has 11 heteroatoms. The van der Waals surface area contributed by atoms with Crippen molar-refractivity contribution < 1.29 is 22.8 Å². The number of amides is 2. The summed E-state index contributed by atoms with van der Waals surface area (Å²) < 4.78 is 41.4. The number of carbonyl (C=O) groups is 2. The fourth-order valence-corrected chi connectivity index (χ4v) is 2.67. The maximum absolute atomic E-state index is 13.6. The van der Waals surface area contributed by atoms with Crippen LogP contribution >= 0.6 is 11.6 Å². The van der Waals surface area contributed by atoms with Crippen LogP contribution in [0, 0.1) is 0 Å². The monoisotopic (exact) mass is 423 g/mol. The number of benzene rings is 1. The van der Waals surface area contributed by atoms with Crippen LogP contribution in [0.5, 0.6) is 0 Å². The van der Waals surface area contributed by atoms with Crippen molar-refractivity contribution in [2.45, 2.75) is 6.18 Å². The highest BCUT2D eigenvalue weighted by molar-refractivity contribution is 6.30. The maximum Gasteiger partial charge on any atom is 0.434 e. The third-order valence-electron chi connectivity index (χ3n) is 3.69. The van der Waals surface area contributed by atoms with Gasteiger partial charge in [-0.05, 0) is 30.3 Å². The van der Waals surface area contributed by atoms with Crippen LogP contribution in [0.25, 0.3) is 5.69 Å². The zero-order chi connectivity index (χ0) is 21.0. The van der Waals surface area contributed by atoms with Gasteiger partial charge in [0.1, 0.15) is 0 Å². The van der Waals surface area contributed by atoms with E-state index >= 15 is 0 Å². The molecule has 0 aliphatic rings. The highest BCUT2D eigenvalue weighted by atomic mass is 35.5. The highest BCUT2D eigenvalue weighted by Gasteiger charge is 2.40. The molecule has 0 radical (unpaired) electrons. The summed E-state index contributed by atoms with van der Waals surface area (Å²) in [5.41, 5.74) is -1.56. The summed E-state index contributed by atoms with van der Waals surface area (Å²) in [5, 5.41) is 8.50. The number of rotatable bonds is 5. The lowest BCUT2D eigenvalue weighted by molar-refractivity contribution is -0.143. The summed E-state index contributed by atoms with van der Waals surface area (Å²) in [6.45, 7) is -0.534. The molecule has 0 aliphatic heterocycles. The van der Waals surface area contributed by atoms with Crippen LogP contribution in [0.2, 0.25) is 5.02 Å². The van der Waals surface area contributed by atoms with Gasteiger partial charge in [-0.15, -0.1) is 0 Å². The van der Waals surface area contributed by atoms with E-state index in [1.165, 1.54) is 36.7 Å².